The minimum absolute atomic E-state index is 0.205. The molecule has 2 fully saturated rings. The van der Waals surface area contributed by atoms with E-state index in [1.165, 1.54) is 4.90 Å². The summed E-state index contributed by atoms with van der Waals surface area (Å²) in [6.07, 6.45) is 3.05. The van der Waals surface area contributed by atoms with Crippen molar-refractivity contribution in [2.75, 3.05) is 12.8 Å². The molecule has 4 amide bonds. The third-order valence-corrected chi connectivity index (χ3v) is 4.63. The molecular formula is C11H16N2O3S. The van der Waals surface area contributed by atoms with Crippen LogP contribution in [0, 0.1) is 5.41 Å². The third kappa shape index (κ3) is 1.94. The van der Waals surface area contributed by atoms with Crippen molar-refractivity contribution >= 4 is 29.6 Å². The van der Waals surface area contributed by atoms with Crippen LogP contribution in [0.2, 0.25) is 0 Å². The number of hydrogen-bond acceptors (Lipinski definition) is 4. The van der Waals surface area contributed by atoms with E-state index < -0.39 is 17.4 Å². The van der Waals surface area contributed by atoms with Crippen LogP contribution in [0.15, 0.2) is 0 Å². The molecule has 5 nitrogen and oxygen atoms in total. The quantitative estimate of drug-likeness (QED) is 0.765. The predicted octanol–water partition coefficient (Wildman–Crippen LogP) is 0.987. The van der Waals surface area contributed by atoms with Gasteiger partial charge in [-0.05, 0) is 32.9 Å². The SMILES string of the molecule is CSC(C)(C)CN1C(=O)NC(=O)C2(CC2)C1=O. The largest absolute Gasteiger partial charge is 0.330 e. The lowest BCUT2D eigenvalue weighted by Crippen LogP contribution is -2.61. The summed E-state index contributed by atoms with van der Waals surface area (Å²) >= 11 is 1.59. The number of nitrogens with one attached hydrogen (secondary N) is 1. The number of urea groups is 1. The molecule has 2 rings (SSSR count). The van der Waals surface area contributed by atoms with E-state index in [-0.39, 0.29) is 10.7 Å². The van der Waals surface area contributed by atoms with E-state index in [1.807, 2.05) is 20.1 Å². The van der Waals surface area contributed by atoms with Crippen molar-refractivity contribution in [2.45, 2.75) is 31.4 Å². The Labute approximate surface area is 104 Å². The van der Waals surface area contributed by atoms with Gasteiger partial charge in [-0.1, -0.05) is 0 Å². The number of imide groups is 2. The second-order valence-electron chi connectivity index (χ2n) is 5.20. The minimum atomic E-state index is -0.928. The number of barbiturate groups is 1. The van der Waals surface area contributed by atoms with Gasteiger partial charge in [0.1, 0.15) is 5.41 Å². The maximum atomic E-state index is 12.2. The first-order chi connectivity index (χ1) is 7.82. The van der Waals surface area contributed by atoms with Crippen molar-refractivity contribution in [3.63, 3.8) is 0 Å². The highest BCUT2D eigenvalue weighted by atomic mass is 32.2. The standard InChI is InChI=1S/C11H16N2O3S/c1-10(2,17-3)6-13-8(15)11(4-5-11)7(14)12-9(13)16/h4-6H2,1-3H3,(H,12,14,16). The summed E-state index contributed by atoms with van der Waals surface area (Å²) < 4.78 is -0.205. The Morgan fingerprint density at radius 2 is 1.94 bits per heavy atom. The van der Waals surface area contributed by atoms with Crippen LogP contribution in [0.1, 0.15) is 26.7 Å². The number of carbonyl (C=O) groups excluding carboxylic acids is 3. The maximum Gasteiger partial charge on any atom is 0.330 e. The van der Waals surface area contributed by atoms with E-state index >= 15 is 0 Å². The molecule has 1 spiro atoms. The molecule has 2 aliphatic rings. The summed E-state index contributed by atoms with van der Waals surface area (Å²) in [6, 6.07) is -0.584. The number of nitrogens with zero attached hydrogens (tertiary/aromatic N) is 1. The van der Waals surface area contributed by atoms with E-state index in [0.717, 1.165) is 0 Å². The Bertz CT molecular complexity index is 402. The molecular weight excluding hydrogens is 240 g/mol. The molecule has 1 aliphatic heterocycles. The van der Waals surface area contributed by atoms with E-state index in [1.54, 1.807) is 11.8 Å². The molecule has 94 valence electrons. The molecule has 0 aromatic carbocycles. The van der Waals surface area contributed by atoms with Gasteiger partial charge in [0.2, 0.25) is 11.8 Å². The fourth-order valence-corrected chi connectivity index (χ4v) is 2.14. The van der Waals surface area contributed by atoms with Crippen LogP contribution < -0.4 is 5.32 Å². The van der Waals surface area contributed by atoms with Gasteiger partial charge in [0.15, 0.2) is 0 Å². The molecule has 0 aromatic heterocycles. The monoisotopic (exact) mass is 256 g/mol. The zero-order valence-electron chi connectivity index (χ0n) is 10.2. The first-order valence-corrected chi connectivity index (χ1v) is 6.77. The van der Waals surface area contributed by atoms with Gasteiger partial charge in [-0.25, -0.2) is 4.79 Å². The van der Waals surface area contributed by atoms with E-state index in [9.17, 15) is 14.4 Å². The van der Waals surface area contributed by atoms with Gasteiger partial charge in [-0.3, -0.25) is 19.8 Å². The van der Waals surface area contributed by atoms with Gasteiger partial charge < -0.3 is 0 Å². The van der Waals surface area contributed by atoms with E-state index in [0.29, 0.717) is 19.4 Å². The average molecular weight is 256 g/mol. The topological polar surface area (TPSA) is 66.5 Å². The molecule has 1 saturated heterocycles. The summed E-state index contributed by atoms with van der Waals surface area (Å²) in [4.78, 5) is 36.6. The van der Waals surface area contributed by atoms with E-state index in [4.69, 9.17) is 0 Å². The Hall–Kier alpha value is -1.04. The van der Waals surface area contributed by atoms with Crippen molar-refractivity contribution in [1.29, 1.82) is 0 Å². The van der Waals surface area contributed by atoms with Crippen LogP contribution in [0.25, 0.3) is 0 Å². The second-order valence-corrected chi connectivity index (χ2v) is 6.71. The predicted molar refractivity (Wildman–Crippen MR) is 64.5 cm³/mol. The maximum absolute atomic E-state index is 12.2. The molecule has 6 heteroatoms. The molecule has 0 aromatic rings. The van der Waals surface area contributed by atoms with E-state index in [2.05, 4.69) is 5.32 Å². The van der Waals surface area contributed by atoms with Crippen LogP contribution in [0.4, 0.5) is 4.79 Å². The molecule has 0 unspecified atom stereocenters. The number of rotatable bonds is 3. The zero-order chi connectivity index (χ0) is 12.8. The summed E-state index contributed by atoms with van der Waals surface area (Å²) in [6.45, 7) is 4.26. The van der Waals surface area contributed by atoms with Gasteiger partial charge in [-0.15, -0.1) is 0 Å². The minimum Gasteiger partial charge on any atom is -0.277 e. The molecule has 1 N–H and O–H groups in total. The fourth-order valence-electron chi connectivity index (χ4n) is 1.89. The van der Waals surface area contributed by atoms with Crippen LogP contribution >= 0.6 is 11.8 Å². The Morgan fingerprint density at radius 3 is 2.41 bits per heavy atom. The Balaban J connectivity index is 2.20. The van der Waals surface area contributed by atoms with Gasteiger partial charge in [-0.2, -0.15) is 11.8 Å². The van der Waals surface area contributed by atoms with Crippen molar-refractivity contribution in [3.8, 4) is 0 Å². The zero-order valence-corrected chi connectivity index (χ0v) is 11.0. The molecule has 0 atom stereocenters. The Kier molecular flexibility index (Phi) is 2.72. The molecule has 1 saturated carbocycles. The fraction of sp³-hybridized carbons (Fsp3) is 0.727. The lowest BCUT2D eigenvalue weighted by molar-refractivity contribution is -0.144. The van der Waals surface area contributed by atoms with Crippen molar-refractivity contribution in [2.24, 2.45) is 5.41 Å². The van der Waals surface area contributed by atoms with Gasteiger partial charge in [0.25, 0.3) is 0 Å². The number of carbonyl (C=O) groups is 3. The Morgan fingerprint density at radius 1 is 1.35 bits per heavy atom. The van der Waals surface area contributed by atoms with Crippen molar-refractivity contribution in [1.82, 2.24) is 10.2 Å². The molecule has 0 bridgehead atoms. The molecule has 1 heterocycles. The van der Waals surface area contributed by atoms with Crippen LogP contribution in [-0.4, -0.2) is 40.3 Å². The number of thioether (sulfide) groups is 1. The third-order valence-electron chi connectivity index (χ3n) is 3.40. The lowest BCUT2D eigenvalue weighted by Gasteiger charge is -2.35. The normalized spacial score (nSPS) is 23.0. The highest BCUT2D eigenvalue weighted by Gasteiger charge is 2.62. The van der Waals surface area contributed by atoms with Crippen LogP contribution in [0.3, 0.4) is 0 Å². The van der Waals surface area contributed by atoms with Crippen LogP contribution in [-0.2, 0) is 9.59 Å². The number of amides is 4. The lowest BCUT2D eigenvalue weighted by atomic mass is 10.0. The highest BCUT2D eigenvalue weighted by Crippen LogP contribution is 2.49. The van der Waals surface area contributed by atoms with Crippen molar-refractivity contribution < 1.29 is 14.4 Å². The van der Waals surface area contributed by atoms with Crippen molar-refractivity contribution in [3.05, 3.63) is 0 Å². The first-order valence-electron chi connectivity index (χ1n) is 5.55. The van der Waals surface area contributed by atoms with Gasteiger partial charge in [0.05, 0.1) is 0 Å². The molecule has 1 aliphatic carbocycles. The second kappa shape index (κ2) is 3.73. The summed E-state index contributed by atoms with van der Waals surface area (Å²) in [7, 11) is 0. The summed E-state index contributed by atoms with van der Waals surface area (Å²) in [5.41, 5.74) is -0.928. The summed E-state index contributed by atoms with van der Waals surface area (Å²) in [5.74, 6) is -0.751. The van der Waals surface area contributed by atoms with Crippen LogP contribution in [0.5, 0.6) is 0 Å². The molecule has 0 radical (unpaired) electrons. The number of hydrogen-bond donors (Lipinski definition) is 1. The first kappa shape index (κ1) is 12.4. The average Bonchev–Trinajstić information content (AvgIpc) is 3.04. The highest BCUT2D eigenvalue weighted by molar-refractivity contribution is 7.99. The summed E-state index contributed by atoms with van der Waals surface area (Å²) in [5, 5.41) is 2.28. The van der Waals surface area contributed by atoms with Gasteiger partial charge in [0, 0.05) is 11.3 Å². The van der Waals surface area contributed by atoms with Gasteiger partial charge >= 0.3 is 6.03 Å². The smallest absolute Gasteiger partial charge is 0.277 e. The molecule has 17 heavy (non-hydrogen) atoms.